The molecule has 0 unspecified atom stereocenters. The third-order valence-electron chi connectivity index (χ3n) is 4.57. The highest BCUT2D eigenvalue weighted by Gasteiger charge is 2.22. The van der Waals surface area contributed by atoms with E-state index in [2.05, 4.69) is 44.5 Å². The number of benzene rings is 1. The van der Waals surface area contributed by atoms with E-state index >= 15 is 0 Å². The largest absolute Gasteiger partial charge is 0.379 e. The molecule has 134 valence electrons. The number of amides is 1. The zero-order chi connectivity index (χ0) is 17.8. The summed E-state index contributed by atoms with van der Waals surface area (Å²) in [7, 11) is 0. The number of aromatic amines is 1. The molecule has 1 aliphatic rings. The van der Waals surface area contributed by atoms with Gasteiger partial charge >= 0.3 is 0 Å². The van der Waals surface area contributed by atoms with Gasteiger partial charge in [0.1, 0.15) is 0 Å². The van der Waals surface area contributed by atoms with E-state index in [9.17, 15) is 4.79 Å². The number of aromatic nitrogens is 2. The number of carbonyl (C=O) groups is 1. The third-order valence-corrected chi connectivity index (χ3v) is 5.43. The van der Waals surface area contributed by atoms with Gasteiger partial charge in [-0.15, -0.1) is 11.3 Å². The van der Waals surface area contributed by atoms with Crippen LogP contribution in [0.25, 0.3) is 0 Å². The molecule has 1 amide bonds. The van der Waals surface area contributed by atoms with Crippen molar-refractivity contribution in [1.82, 2.24) is 14.9 Å². The fourth-order valence-corrected chi connectivity index (χ4v) is 3.78. The summed E-state index contributed by atoms with van der Waals surface area (Å²) >= 11 is 1.51. The maximum absolute atomic E-state index is 12.4. The van der Waals surface area contributed by atoms with Crippen molar-refractivity contribution < 1.29 is 4.79 Å². The number of thiophene rings is 1. The lowest BCUT2D eigenvalue weighted by Crippen LogP contribution is -2.48. The lowest BCUT2D eigenvalue weighted by Gasteiger charge is -2.36. The molecule has 0 aliphatic carbocycles. The van der Waals surface area contributed by atoms with Crippen LogP contribution in [-0.4, -0.2) is 47.0 Å². The second-order valence-corrected chi connectivity index (χ2v) is 7.18. The van der Waals surface area contributed by atoms with E-state index in [1.807, 2.05) is 28.6 Å². The summed E-state index contributed by atoms with van der Waals surface area (Å²) in [6.45, 7) is 3.96. The van der Waals surface area contributed by atoms with Gasteiger partial charge in [-0.25, -0.2) is 4.98 Å². The lowest BCUT2D eigenvalue weighted by molar-refractivity contribution is 0.0751. The number of carbonyl (C=O) groups excluding carboxylic acids is 1. The number of nitrogens with zero attached hydrogens (tertiary/aromatic N) is 3. The molecule has 1 saturated heterocycles. The topological polar surface area (TPSA) is 64.3 Å². The maximum atomic E-state index is 12.4. The molecular weight excluding hydrogens is 346 g/mol. The highest BCUT2D eigenvalue weighted by atomic mass is 32.1. The summed E-state index contributed by atoms with van der Waals surface area (Å²) in [4.78, 5) is 24.6. The number of anilines is 2. The second kappa shape index (κ2) is 7.61. The Morgan fingerprint density at radius 1 is 1.15 bits per heavy atom. The zero-order valence-corrected chi connectivity index (χ0v) is 15.2. The molecule has 2 N–H and O–H groups in total. The number of nitrogens with one attached hydrogen (secondary N) is 2. The van der Waals surface area contributed by atoms with E-state index in [4.69, 9.17) is 0 Å². The van der Waals surface area contributed by atoms with Crippen molar-refractivity contribution in [2.24, 2.45) is 0 Å². The van der Waals surface area contributed by atoms with Crippen LogP contribution in [0.2, 0.25) is 0 Å². The van der Waals surface area contributed by atoms with Crippen molar-refractivity contribution in [2.45, 2.75) is 6.54 Å². The van der Waals surface area contributed by atoms with Gasteiger partial charge in [0.05, 0.1) is 23.4 Å². The predicted octanol–water partition coefficient (Wildman–Crippen LogP) is 3.05. The fourth-order valence-electron chi connectivity index (χ4n) is 3.09. The highest BCUT2D eigenvalue weighted by Crippen LogP contribution is 2.21. The highest BCUT2D eigenvalue weighted by molar-refractivity contribution is 7.12. The van der Waals surface area contributed by atoms with Crippen molar-refractivity contribution in [1.29, 1.82) is 0 Å². The minimum Gasteiger partial charge on any atom is -0.379 e. The molecule has 0 radical (unpaired) electrons. The smallest absolute Gasteiger partial charge is 0.264 e. The van der Waals surface area contributed by atoms with Crippen LogP contribution in [0.5, 0.6) is 0 Å². The van der Waals surface area contributed by atoms with Crippen LogP contribution in [0.1, 0.15) is 15.4 Å². The standard InChI is InChI=1S/C19H21N5OS/c25-19(18-2-1-11-26-18)24-9-7-23(8-10-24)17-5-3-15(4-6-17)21-13-16-12-20-14-22-16/h1-6,11-12,14,21H,7-10,13H2,(H,20,22). The quantitative estimate of drug-likeness (QED) is 0.728. The number of rotatable bonds is 5. The van der Waals surface area contributed by atoms with E-state index in [1.54, 1.807) is 6.33 Å². The van der Waals surface area contributed by atoms with Crippen LogP contribution in [0.15, 0.2) is 54.3 Å². The Hall–Kier alpha value is -2.80. The van der Waals surface area contributed by atoms with Crippen LogP contribution in [0.4, 0.5) is 11.4 Å². The molecule has 7 heteroatoms. The van der Waals surface area contributed by atoms with Gasteiger partial charge in [0, 0.05) is 43.8 Å². The molecule has 4 rings (SSSR count). The number of hydrogen-bond donors (Lipinski definition) is 2. The molecule has 1 aromatic carbocycles. The van der Waals surface area contributed by atoms with Crippen LogP contribution in [0, 0.1) is 0 Å². The first-order valence-electron chi connectivity index (χ1n) is 8.68. The van der Waals surface area contributed by atoms with E-state index in [1.165, 1.54) is 17.0 Å². The molecule has 26 heavy (non-hydrogen) atoms. The Morgan fingerprint density at radius 3 is 2.62 bits per heavy atom. The van der Waals surface area contributed by atoms with Gasteiger partial charge in [0.15, 0.2) is 0 Å². The van der Waals surface area contributed by atoms with Crippen LogP contribution < -0.4 is 10.2 Å². The predicted molar refractivity (Wildman–Crippen MR) is 105 cm³/mol. The van der Waals surface area contributed by atoms with Crippen LogP contribution in [-0.2, 0) is 6.54 Å². The van der Waals surface area contributed by atoms with Gasteiger partial charge in [-0.1, -0.05) is 6.07 Å². The Kier molecular flexibility index (Phi) is 4.88. The van der Waals surface area contributed by atoms with Gasteiger partial charge in [-0.3, -0.25) is 4.79 Å². The number of H-pyrrole nitrogens is 1. The van der Waals surface area contributed by atoms with E-state index in [0.717, 1.165) is 49.0 Å². The lowest BCUT2D eigenvalue weighted by atomic mass is 10.2. The van der Waals surface area contributed by atoms with Gasteiger partial charge in [-0.05, 0) is 35.7 Å². The van der Waals surface area contributed by atoms with Crippen molar-refractivity contribution in [3.63, 3.8) is 0 Å². The average molecular weight is 367 g/mol. The minimum atomic E-state index is 0.151. The molecule has 3 aromatic rings. The van der Waals surface area contributed by atoms with Gasteiger partial charge < -0.3 is 20.1 Å². The summed E-state index contributed by atoms with van der Waals surface area (Å²) in [5.74, 6) is 0.151. The van der Waals surface area contributed by atoms with Crippen molar-refractivity contribution in [3.05, 3.63) is 64.9 Å². The third kappa shape index (κ3) is 3.72. The second-order valence-electron chi connectivity index (χ2n) is 6.23. The summed E-state index contributed by atoms with van der Waals surface area (Å²) in [5.41, 5.74) is 3.33. The van der Waals surface area contributed by atoms with Gasteiger partial charge in [0.2, 0.25) is 0 Å². The Balaban J connectivity index is 1.30. The number of imidazole rings is 1. The Bertz CT molecular complexity index is 821. The van der Waals surface area contributed by atoms with E-state index in [0.29, 0.717) is 0 Å². The van der Waals surface area contributed by atoms with Crippen molar-refractivity contribution in [2.75, 3.05) is 36.4 Å². The molecule has 0 saturated carbocycles. The van der Waals surface area contributed by atoms with Crippen molar-refractivity contribution in [3.8, 4) is 0 Å². The summed E-state index contributed by atoms with van der Waals surface area (Å²) in [6, 6.07) is 12.3. The summed E-state index contributed by atoms with van der Waals surface area (Å²) in [5, 5.41) is 5.32. The molecule has 2 aromatic heterocycles. The molecule has 6 nitrogen and oxygen atoms in total. The SMILES string of the molecule is O=C(c1cccs1)N1CCN(c2ccc(NCc3cnc[nH]3)cc2)CC1. The molecule has 1 aliphatic heterocycles. The molecule has 0 atom stereocenters. The average Bonchev–Trinajstić information content (AvgIpc) is 3.40. The molecule has 3 heterocycles. The molecule has 0 bridgehead atoms. The first-order chi connectivity index (χ1) is 12.8. The number of piperazine rings is 1. The first kappa shape index (κ1) is 16.7. The normalized spacial score (nSPS) is 14.5. The van der Waals surface area contributed by atoms with Crippen LogP contribution >= 0.6 is 11.3 Å². The van der Waals surface area contributed by atoms with Crippen LogP contribution in [0.3, 0.4) is 0 Å². The number of hydrogen-bond acceptors (Lipinski definition) is 5. The maximum Gasteiger partial charge on any atom is 0.264 e. The molecule has 0 spiro atoms. The zero-order valence-electron chi connectivity index (χ0n) is 14.4. The fraction of sp³-hybridized carbons (Fsp3) is 0.263. The van der Waals surface area contributed by atoms with Crippen molar-refractivity contribution >= 4 is 28.6 Å². The summed E-state index contributed by atoms with van der Waals surface area (Å²) in [6.07, 6.45) is 3.50. The Morgan fingerprint density at radius 2 is 1.96 bits per heavy atom. The van der Waals surface area contributed by atoms with E-state index in [-0.39, 0.29) is 5.91 Å². The Labute approximate surface area is 156 Å². The minimum absolute atomic E-state index is 0.151. The molecule has 1 fully saturated rings. The van der Waals surface area contributed by atoms with Gasteiger partial charge in [-0.2, -0.15) is 0 Å². The first-order valence-corrected chi connectivity index (χ1v) is 9.56. The monoisotopic (exact) mass is 367 g/mol. The van der Waals surface area contributed by atoms with E-state index < -0.39 is 0 Å². The molecular formula is C19H21N5OS. The van der Waals surface area contributed by atoms with Gasteiger partial charge in [0.25, 0.3) is 5.91 Å². The summed E-state index contributed by atoms with van der Waals surface area (Å²) < 4.78 is 0.